The van der Waals surface area contributed by atoms with E-state index in [-0.39, 0.29) is 29.9 Å². The zero-order valence-electron chi connectivity index (χ0n) is 20.7. The van der Waals surface area contributed by atoms with E-state index in [0.717, 1.165) is 16.5 Å². The van der Waals surface area contributed by atoms with Crippen LogP contribution in [0.4, 0.5) is 0 Å². The molecule has 0 heterocycles. The molecule has 5 nitrogen and oxygen atoms in total. The fourth-order valence-electron chi connectivity index (χ4n) is 3.45. The summed E-state index contributed by atoms with van der Waals surface area (Å²) in [4.78, 5) is 27.9. The zero-order valence-corrected chi connectivity index (χ0v) is 22.2. The van der Waals surface area contributed by atoms with E-state index < -0.39 is 6.04 Å². The number of halogens is 1. The molecule has 0 radical (unpaired) electrons. The number of ether oxygens (including phenoxy) is 1. The SMILES string of the molecule is CCC(C)NC(=O)C(CC)N(Cc1ccccc1)C(=O)COc1ccc(C(C)(C)C)cc1Br. The van der Waals surface area contributed by atoms with Gasteiger partial charge in [-0.1, -0.05) is 71.0 Å². The molecule has 0 aliphatic heterocycles. The van der Waals surface area contributed by atoms with Gasteiger partial charge in [0.2, 0.25) is 5.91 Å². The van der Waals surface area contributed by atoms with Crippen molar-refractivity contribution in [2.75, 3.05) is 6.61 Å². The van der Waals surface area contributed by atoms with Crippen LogP contribution in [-0.2, 0) is 21.5 Å². The van der Waals surface area contributed by atoms with Crippen molar-refractivity contribution in [3.63, 3.8) is 0 Å². The number of nitrogens with zero attached hydrogens (tertiary/aromatic N) is 1. The number of hydrogen-bond acceptors (Lipinski definition) is 3. The number of rotatable bonds is 10. The Morgan fingerprint density at radius 3 is 2.27 bits per heavy atom. The highest BCUT2D eigenvalue weighted by molar-refractivity contribution is 9.10. The lowest BCUT2D eigenvalue weighted by Gasteiger charge is -2.31. The number of nitrogens with one attached hydrogen (secondary N) is 1. The summed E-state index contributed by atoms with van der Waals surface area (Å²) < 4.78 is 6.70. The second-order valence-corrected chi connectivity index (χ2v) is 10.3. The second-order valence-electron chi connectivity index (χ2n) is 9.43. The van der Waals surface area contributed by atoms with Crippen molar-refractivity contribution in [3.8, 4) is 5.75 Å². The molecular formula is C27H37BrN2O3. The summed E-state index contributed by atoms with van der Waals surface area (Å²) >= 11 is 3.57. The molecule has 0 fully saturated rings. The minimum absolute atomic E-state index is 0.0146. The lowest BCUT2D eigenvalue weighted by molar-refractivity contribution is -0.143. The van der Waals surface area contributed by atoms with Crippen molar-refractivity contribution in [1.29, 1.82) is 0 Å². The minimum atomic E-state index is -0.568. The highest BCUT2D eigenvalue weighted by atomic mass is 79.9. The molecule has 0 spiro atoms. The van der Waals surface area contributed by atoms with Crippen molar-refractivity contribution in [3.05, 3.63) is 64.1 Å². The van der Waals surface area contributed by atoms with Gasteiger partial charge in [0.1, 0.15) is 11.8 Å². The van der Waals surface area contributed by atoms with Gasteiger partial charge in [0.05, 0.1) is 4.47 Å². The van der Waals surface area contributed by atoms with Crippen molar-refractivity contribution < 1.29 is 14.3 Å². The minimum Gasteiger partial charge on any atom is -0.483 e. The monoisotopic (exact) mass is 516 g/mol. The normalized spacial score (nSPS) is 13.2. The van der Waals surface area contributed by atoms with Gasteiger partial charge >= 0.3 is 0 Å². The summed E-state index contributed by atoms with van der Waals surface area (Å²) in [6.07, 6.45) is 1.35. The Balaban J connectivity index is 2.21. The number of hydrogen-bond donors (Lipinski definition) is 1. The summed E-state index contributed by atoms with van der Waals surface area (Å²) in [7, 11) is 0. The van der Waals surface area contributed by atoms with Crippen LogP contribution in [0, 0.1) is 0 Å². The maximum atomic E-state index is 13.3. The smallest absolute Gasteiger partial charge is 0.261 e. The maximum absolute atomic E-state index is 13.3. The second kappa shape index (κ2) is 12.2. The van der Waals surface area contributed by atoms with Gasteiger partial charge in [-0.25, -0.2) is 0 Å². The van der Waals surface area contributed by atoms with Crippen LogP contribution in [0.15, 0.2) is 53.0 Å². The van der Waals surface area contributed by atoms with E-state index in [2.05, 4.69) is 42.0 Å². The Bertz CT molecular complexity index is 925. The zero-order chi connectivity index (χ0) is 24.6. The van der Waals surface area contributed by atoms with E-state index in [1.165, 1.54) is 5.56 Å². The van der Waals surface area contributed by atoms with Crippen LogP contribution in [0.25, 0.3) is 0 Å². The molecule has 6 heteroatoms. The lowest BCUT2D eigenvalue weighted by atomic mass is 9.87. The molecule has 2 aromatic carbocycles. The van der Waals surface area contributed by atoms with E-state index in [4.69, 9.17) is 4.74 Å². The summed E-state index contributed by atoms with van der Waals surface area (Å²) in [5, 5.41) is 3.02. The van der Waals surface area contributed by atoms with Gasteiger partial charge < -0.3 is 15.0 Å². The molecule has 180 valence electrons. The van der Waals surface area contributed by atoms with Crippen molar-refractivity contribution in [2.45, 2.75) is 78.4 Å². The van der Waals surface area contributed by atoms with Crippen LogP contribution in [-0.4, -0.2) is 35.4 Å². The van der Waals surface area contributed by atoms with E-state index >= 15 is 0 Å². The van der Waals surface area contributed by atoms with Gasteiger partial charge in [-0.15, -0.1) is 0 Å². The first-order chi connectivity index (χ1) is 15.6. The molecule has 2 amide bonds. The summed E-state index contributed by atoms with van der Waals surface area (Å²) in [6.45, 7) is 12.6. The Morgan fingerprint density at radius 1 is 1.06 bits per heavy atom. The molecule has 0 saturated heterocycles. The number of benzene rings is 2. The molecule has 33 heavy (non-hydrogen) atoms. The van der Waals surface area contributed by atoms with Crippen molar-refractivity contribution in [1.82, 2.24) is 10.2 Å². The predicted molar refractivity (Wildman–Crippen MR) is 137 cm³/mol. The predicted octanol–water partition coefficient (Wildman–Crippen LogP) is 5.85. The van der Waals surface area contributed by atoms with Crippen LogP contribution in [0.2, 0.25) is 0 Å². The van der Waals surface area contributed by atoms with E-state index in [9.17, 15) is 9.59 Å². The molecule has 1 N–H and O–H groups in total. The summed E-state index contributed by atoms with van der Waals surface area (Å²) in [6, 6.07) is 15.1. The standard InChI is InChI=1S/C27H37BrN2O3/c1-7-19(3)29-26(32)23(8-2)30(17-20-12-10-9-11-13-20)25(31)18-33-24-15-14-21(16-22(24)28)27(4,5)6/h9-16,19,23H,7-8,17-18H2,1-6H3,(H,29,32). The van der Waals surface area contributed by atoms with Gasteiger partial charge in [0.15, 0.2) is 6.61 Å². The molecule has 0 aromatic heterocycles. The Hall–Kier alpha value is -2.34. The number of carbonyl (C=O) groups excluding carboxylic acids is 2. The Labute approximate surface area is 207 Å². The average molecular weight is 518 g/mol. The highest BCUT2D eigenvalue weighted by Gasteiger charge is 2.29. The quantitative estimate of drug-likeness (QED) is 0.430. The Morgan fingerprint density at radius 2 is 1.73 bits per heavy atom. The van der Waals surface area contributed by atoms with Gasteiger partial charge in [-0.05, 0) is 64.4 Å². The van der Waals surface area contributed by atoms with Gasteiger partial charge in [-0.2, -0.15) is 0 Å². The molecule has 0 aliphatic rings. The first-order valence-corrected chi connectivity index (χ1v) is 12.4. The summed E-state index contributed by atoms with van der Waals surface area (Å²) in [5.41, 5.74) is 2.16. The van der Waals surface area contributed by atoms with Gasteiger partial charge in [0.25, 0.3) is 5.91 Å². The van der Waals surface area contributed by atoms with E-state index in [0.29, 0.717) is 18.7 Å². The molecule has 0 saturated carbocycles. The fourth-order valence-corrected chi connectivity index (χ4v) is 3.94. The fraction of sp³-hybridized carbons (Fsp3) is 0.481. The third-order valence-electron chi connectivity index (χ3n) is 5.73. The third kappa shape index (κ3) is 7.88. The topological polar surface area (TPSA) is 58.6 Å². The number of amides is 2. The highest BCUT2D eigenvalue weighted by Crippen LogP contribution is 2.31. The van der Waals surface area contributed by atoms with Gasteiger partial charge in [-0.3, -0.25) is 9.59 Å². The third-order valence-corrected chi connectivity index (χ3v) is 6.35. The lowest BCUT2D eigenvalue weighted by Crippen LogP contribution is -2.51. The average Bonchev–Trinajstić information content (AvgIpc) is 2.77. The molecule has 2 unspecified atom stereocenters. The molecule has 2 atom stereocenters. The molecule has 0 aliphatic carbocycles. The molecule has 0 bridgehead atoms. The molecular weight excluding hydrogens is 480 g/mol. The largest absolute Gasteiger partial charge is 0.483 e. The first-order valence-electron chi connectivity index (χ1n) is 11.6. The van der Waals surface area contributed by atoms with Gasteiger partial charge in [0, 0.05) is 12.6 Å². The first kappa shape index (κ1) is 26.9. The van der Waals surface area contributed by atoms with Crippen LogP contribution in [0.3, 0.4) is 0 Å². The van der Waals surface area contributed by atoms with E-state index in [1.54, 1.807) is 4.90 Å². The van der Waals surface area contributed by atoms with E-state index in [1.807, 2.05) is 69.3 Å². The molecule has 2 rings (SSSR count). The Kier molecular flexibility index (Phi) is 9.96. The number of carbonyl (C=O) groups is 2. The maximum Gasteiger partial charge on any atom is 0.261 e. The molecule has 2 aromatic rings. The van der Waals surface area contributed by atoms with Crippen LogP contribution in [0.5, 0.6) is 5.75 Å². The van der Waals surface area contributed by atoms with Crippen LogP contribution < -0.4 is 10.1 Å². The van der Waals surface area contributed by atoms with Crippen molar-refractivity contribution >= 4 is 27.7 Å². The summed E-state index contributed by atoms with van der Waals surface area (Å²) in [5.74, 6) is 0.247. The van der Waals surface area contributed by atoms with Crippen molar-refractivity contribution in [2.24, 2.45) is 0 Å². The van der Waals surface area contributed by atoms with Crippen LogP contribution >= 0.6 is 15.9 Å². The van der Waals surface area contributed by atoms with Crippen LogP contribution in [0.1, 0.15) is 65.5 Å².